The lowest BCUT2D eigenvalue weighted by molar-refractivity contribution is -0.118. The standard InChI is InChI=1S/C22H21N3O3S/c1-16(22(27)25-18-11-13-23-14-12-18)29-20-9-7-17(8-10-20)24-21(26)15-28-19-5-3-2-4-6-19/h2-14,16H,15H2,1H3,(H,24,26)(H,23,25,27). The summed E-state index contributed by atoms with van der Waals surface area (Å²) >= 11 is 1.44. The van der Waals surface area contributed by atoms with E-state index in [2.05, 4.69) is 15.6 Å². The average Bonchev–Trinajstić information content (AvgIpc) is 2.75. The highest BCUT2D eigenvalue weighted by atomic mass is 32.2. The molecule has 0 aliphatic carbocycles. The number of para-hydroxylation sites is 1. The zero-order chi connectivity index (χ0) is 20.5. The molecule has 0 aliphatic rings. The molecule has 2 aromatic carbocycles. The summed E-state index contributed by atoms with van der Waals surface area (Å²) in [7, 11) is 0. The van der Waals surface area contributed by atoms with Crippen LogP contribution in [-0.2, 0) is 9.59 Å². The SMILES string of the molecule is CC(Sc1ccc(NC(=O)COc2ccccc2)cc1)C(=O)Nc1ccncc1. The summed E-state index contributed by atoms with van der Waals surface area (Å²) in [5.41, 5.74) is 1.39. The Morgan fingerprint density at radius 1 is 0.931 bits per heavy atom. The molecule has 0 aliphatic heterocycles. The summed E-state index contributed by atoms with van der Waals surface area (Å²) in [6, 6.07) is 20.0. The molecule has 1 unspecified atom stereocenters. The molecule has 2 N–H and O–H groups in total. The third-order valence-electron chi connectivity index (χ3n) is 3.88. The summed E-state index contributed by atoms with van der Waals surface area (Å²) in [5.74, 6) is 0.324. The van der Waals surface area contributed by atoms with E-state index in [4.69, 9.17) is 4.74 Å². The molecule has 0 fully saturated rings. The normalized spacial score (nSPS) is 11.3. The molecule has 0 saturated heterocycles. The van der Waals surface area contributed by atoms with Crippen molar-refractivity contribution in [1.82, 2.24) is 4.98 Å². The minimum Gasteiger partial charge on any atom is -0.484 e. The number of rotatable bonds is 8. The van der Waals surface area contributed by atoms with Gasteiger partial charge in [-0.15, -0.1) is 11.8 Å². The number of pyridine rings is 1. The molecule has 0 spiro atoms. The molecule has 0 bridgehead atoms. The van der Waals surface area contributed by atoms with Crippen LogP contribution < -0.4 is 15.4 Å². The van der Waals surface area contributed by atoms with E-state index < -0.39 is 0 Å². The van der Waals surface area contributed by atoms with Gasteiger partial charge in [0.15, 0.2) is 6.61 Å². The van der Waals surface area contributed by atoms with Gasteiger partial charge in [-0.2, -0.15) is 0 Å². The molecule has 2 amide bonds. The topological polar surface area (TPSA) is 80.3 Å². The average molecular weight is 407 g/mol. The van der Waals surface area contributed by atoms with Gasteiger partial charge in [-0.25, -0.2) is 0 Å². The number of carbonyl (C=O) groups excluding carboxylic acids is 2. The predicted molar refractivity (Wildman–Crippen MR) is 115 cm³/mol. The van der Waals surface area contributed by atoms with Gasteiger partial charge in [0.2, 0.25) is 5.91 Å². The molecule has 3 rings (SSSR count). The molecule has 1 atom stereocenters. The zero-order valence-electron chi connectivity index (χ0n) is 15.9. The van der Waals surface area contributed by atoms with Crippen LogP contribution in [0.3, 0.4) is 0 Å². The largest absolute Gasteiger partial charge is 0.484 e. The van der Waals surface area contributed by atoms with Crippen molar-refractivity contribution < 1.29 is 14.3 Å². The lowest BCUT2D eigenvalue weighted by Crippen LogP contribution is -2.22. The molecule has 0 radical (unpaired) electrons. The second kappa shape index (κ2) is 10.3. The Hall–Kier alpha value is -3.32. The Morgan fingerprint density at radius 2 is 1.59 bits per heavy atom. The van der Waals surface area contributed by atoms with Crippen molar-refractivity contribution in [2.75, 3.05) is 17.2 Å². The summed E-state index contributed by atoms with van der Waals surface area (Å²) in [6.45, 7) is 1.78. The second-order valence-electron chi connectivity index (χ2n) is 6.16. The van der Waals surface area contributed by atoms with E-state index >= 15 is 0 Å². The van der Waals surface area contributed by atoms with Crippen LogP contribution in [0.4, 0.5) is 11.4 Å². The first-order valence-corrected chi connectivity index (χ1v) is 9.93. The van der Waals surface area contributed by atoms with E-state index in [0.717, 1.165) is 4.90 Å². The van der Waals surface area contributed by atoms with Gasteiger partial charge in [0.05, 0.1) is 5.25 Å². The smallest absolute Gasteiger partial charge is 0.262 e. The Kier molecular flexibility index (Phi) is 7.24. The van der Waals surface area contributed by atoms with E-state index in [9.17, 15) is 9.59 Å². The van der Waals surface area contributed by atoms with Crippen LogP contribution in [0.2, 0.25) is 0 Å². The lowest BCUT2D eigenvalue weighted by Gasteiger charge is -2.12. The molecule has 0 saturated carbocycles. The number of benzene rings is 2. The van der Waals surface area contributed by atoms with Gasteiger partial charge >= 0.3 is 0 Å². The summed E-state index contributed by atoms with van der Waals surface area (Å²) in [5, 5.41) is 5.37. The van der Waals surface area contributed by atoms with E-state index in [1.165, 1.54) is 11.8 Å². The maximum absolute atomic E-state index is 12.3. The number of amides is 2. The summed E-state index contributed by atoms with van der Waals surface area (Å²) in [6.07, 6.45) is 3.26. The van der Waals surface area contributed by atoms with Crippen LogP contribution in [0.5, 0.6) is 5.75 Å². The first-order chi connectivity index (χ1) is 14.1. The number of hydrogen-bond acceptors (Lipinski definition) is 5. The van der Waals surface area contributed by atoms with Crippen LogP contribution in [0.25, 0.3) is 0 Å². The predicted octanol–water partition coefficient (Wildman–Crippen LogP) is 4.22. The molecule has 7 heteroatoms. The molecule has 1 heterocycles. The fourth-order valence-corrected chi connectivity index (χ4v) is 3.28. The molecule has 29 heavy (non-hydrogen) atoms. The van der Waals surface area contributed by atoms with Crippen LogP contribution in [0, 0.1) is 0 Å². The number of thioether (sulfide) groups is 1. The van der Waals surface area contributed by atoms with Crippen LogP contribution in [0.1, 0.15) is 6.92 Å². The molecule has 6 nitrogen and oxygen atoms in total. The molecule has 3 aromatic rings. The highest BCUT2D eigenvalue weighted by Gasteiger charge is 2.14. The van der Waals surface area contributed by atoms with Gasteiger partial charge in [-0.05, 0) is 55.5 Å². The molecular weight excluding hydrogens is 386 g/mol. The van der Waals surface area contributed by atoms with E-state index in [-0.39, 0.29) is 23.7 Å². The highest BCUT2D eigenvalue weighted by Crippen LogP contribution is 2.25. The van der Waals surface area contributed by atoms with Gasteiger partial charge in [0.25, 0.3) is 5.91 Å². The van der Waals surface area contributed by atoms with Crippen molar-refractivity contribution in [3.8, 4) is 5.75 Å². The fourth-order valence-electron chi connectivity index (χ4n) is 2.42. The first kappa shape index (κ1) is 20.4. The number of anilines is 2. The second-order valence-corrected chi connectivity index (χ2v) is 7.57. The number of carbonyl (C=O) groups is 2. The van der Waals surface area contributed by atoms with Crippen molar-refractivity contribution in [3.05, 3.63) is 79.1 Å². The number of ether oxygens (including phenoxy) is 1. The van der Waals surface area contributed by atoms with Crippen molar-refractivity contribution in [2.24, 2.45) is 0 Å². The monoisotopic (exact) mass is 407 g/mol. The number of nitrogens with zero attached hydrogens (tertiary/aromatic N) is 1. The van der Waals surface area contributed by atoms with E-state index in [0.29, 0.717) is 17.1 Å². The summed E-state index contributed by atoms with van der Waals surface area (Å²) in [4.78, 5) is 29.2. The van der Waals surface area contributed by atoms with E-state index in [1.54, 1.807) is 48.8 Å². The summed E-state index contributed by atoms with van der Waals surface area (Å²) < 4.78 is 5.43. The number of aromatic nitrogens is 1. The minimum atomic E-state index is -0.275. The van der Waals surface area contributed by atoms with Crippen molar-refractivity contribution in [2.45, 2.75) is 17.1 Å². The third kappa shape index (κ3) is 6.65. The van der Waals surface area contributed by atoms with Crippen LogP contribution >= 0.6 is 11.8 Å². The maximum atomic E-state index is 12.3. The number of hydrogen-bond donors (Lipinski definition) is 2. The molecule has 1 aromatic heterocycles. The Morgan fingerprint density at radius 3 is 2.28 bits per heavy atom. The van der Waals surface area contributed by atoms with Gasteiger partial charge in [-0.1, -0.05) is 18.2 Å². The van der Waals surface area contributed by atoms with Crippen molar-refractivity contribution >= 4 is 35.0 Å². The van der Waals surface area contributed by atoms with Crippen molar-refractivity contribution in [3.63, 3.8) is 0 Å². The van der Waals surface area contributed by atoms with Crippen molar-refractivity contribution in [1.29, 1.82) is 0 Å². The zero-order valence-corrected chi connectivity index (χ0v) is 16.7. The first-order valence-electron chi connectivity index (χ1n) is 9.05. The fraction of sp³-hybridized carbons (Fsp3) is 0.136. The quantitative estimate of drug-likeness (QED) is 0.547. The van der Waals surface area contributed by atoms with Gasteiger partial charge < -0.3 is 15.4 Å². The van der Waals surface area contributed by atoms with Crippen LogP contribution in [-0.4, -0.2) is 28.7 Å². The lowest BCUT2D eigenvalue weighted by atomic mass is 10.3. The highest BCUT2D eigenvalue weighted by molar-refractivity contribution is 8.00. The Labute approximate surface area is 173 Å². The Bertz CT molecular complexity index is 935. The number of nitrogens with one attached hydrogen (secondary N) is 2. The Balaban J connectivity index is 1.46. The third-order valence-corrected chi connectivity index (χ3v) is 4.99. The van der Waals surface area contributed by atoms with Gasteiger partial charge in [0.1, 0.15) is 5.75 Å². The maximum Gasteiger partial charge on any atom is 0.262 e. The molecular formula is C22H21N3O3S. The van der Waals surface area contributed by atoms with Gasteiger partial charge in [0, 0.05) is 28.7 Å². The van der Waals surface area contributed by atoms with Gasteiger partial charge in [-0.3, -0.25) is 14.6 Å². The van der Waals surface area contributed by atoms with E-state index in [1.807, 2.05) is 37.3 Å². The van der Waals surface area contributed by atoms with Crippen LogP contribution in [0.15, 0.2) is 84.0 Å². The minimum absolute atomic E-state index is 0.0628. The molecule has 148 valence electrons.